The summed E-state index contributed by atoms with van der Waals surface area (Å²) in [5.41, 5.74) is 7.16. The quantitative estimate of drug-likeness (QED) is 0.687. The maximum absolute atomic E-state index is 12.0. The zero-order chi connectivity index (χ0) is 20.1. The van der Waals surface area contributed by atoms with Gasteiger partial charge in [-0.3, -0.25) is 10.2 Å². The van der Waals surface area contributed by atoms with Crippen LogP contribution in [0.4, 0.5) is 10.5 Å². The SMILES string of the molecule is Cc1ccc(C(C)C)c(OCC(=O)NNC(=O)Nc2ccc3c(c2)OCO3)c1. The van der Waals surface area contributed by atoms with Crippen molar-refractivity contribution in [2.75, 3.05) is 18.7 Å². The third kappa shape index (κ3) is 4.85. The Balaban J connectivity index is 1.47. The summed E-state index contributed by atoms with van der Waals surface area (Å²) < 4.78 is 16.1. The van der Waals surface area contributed by atoms with Crippen LogP contribution < -0.4 is 30.4 Å². The molecule has 3 amide bonds. The maximum atomic E-state index is 12.0. The van der Waals surface area contributed by atoms with Gasteiger partial charge in [0.15, 0.2) is 18.1 Å². The Hall–Kier alpha value is -3.42. The molecule has 0 saturated carbocycles. The number of fused-ring (bicyclic) bond motifs is 1. The van der Waals surface area contributed by atoms with Crippen molar-refractivity contribution in [3.8, 4) is 17.2 Å². The number of aryl methyl sites for hydroxylation is 1. The topological polar surface area (TPSA) is 97.9 Å². The number of rotatable bonds is 5. The second-order valence-electron chi connectivity index (χ2n) is 6.68. The molecule has 0 fully saturated rings. The predicted molar refractivity (Wildman–Crippen MR) is 104 cm³/mol. The van der Waals surface area contributed by atoms with E-state index in [0.717, 1.165) is 11.1 Å². The summed E-state index contributed by atoms with van der Waals surface area (Å²) in [6.07, 6.45) is 0. The molecule has 148 valence electrons. The minimum absolute atomic E-state index is 0.153. The molecule has 1 aliphatic rings. The van der Waals surface area contributed by atoms with E-state index in [2.05, 4.69) is 30.0 Å². The third-order valence-corrected chi connectivity index (χ3v) is 4.10. The predicted octanol–water partition coefficient (Wildman–Crippen LogP) is 3.08. The van der Waals surface area contributed by atoms with Crippen molar-refractivity contribution in [3.05, 3.63) is 47.5 Å². The number of ether oxygens (including phenoxy) is 3. The molecule has 0 aliphatic carbocycles. The van der Waals surface area contributed by atoms with Crippen molar-refractivity contribution in [3.63, 3.8) is 0 Å². The van der Waals surface area contributed by atoms with Gasteiger partial charge in [0.05, 0.1) is 0 Å². The van der Waals surface area contributed by atoms with Crippen molar-refractivity contribution in [1.29, 1.82) is 0 Å². The minimum Gasteiger partial charge on any atom is -0.483 e. The summed E-state index contributed by atoms with van der Waals surface area (Å²) in [6, 6.07) is 10.3. The van der Waals surface area contributed by atoms with Gasteiger partial charge in [-0.2, -0.15) is 0 Å². The average molecular weight is 385 g/mol. The molecule has 0 spiro atoms. The van der Waals surface area contributed by atoms with Gasteiger partial charge >= 0.3 is 6.03 Å². The Morgan fingerprint density at radius 2 is 1.86 bits per heavy atom. The van der Waals surface area contributed by atoms with E-state index in [9.17, 15) is 9.59 Å². The second-order valence-corrected chi connectivity index (χ2v) is 6.68. The zero-order valence-electron chi connectivity index (χ0n) is 16.0. The van der Waals surface area contributed by atoms with Crippen LogP contribution in [-0.2, 0) is 4.79 Å². The van der Waals surface area contributed by atoms with Crippen LogP contribution in [0.3, 0.4) is 0 Å². The van der Waals surface area contributed by atoms with E-state index in [1.807, 2.05) is 25.1 Å². The summed E-state index contributed by atoms with van der Waals surface area (Å²) in [5, 5.41) is 2.59. The van der Waals surface area contributed by atoms with E-state index >= 15 is 0 Å². The van der Waals surface area contributed by atoms with E-state index in [0.29, 0.717) is 22.9 Å². The van der Waals surface area contributed by atoms with Crippen molar-refractivity contribution in [1.82, 2.24) is 10.9 Å². The van der Waals surface area contributed by atoms with Gasteiger partial charge in [-0.05, 0) is 42.2 Å². The van der Waals surface area contributed by atoms with E-state index in [4.69, 9.17) is 14.2 Å². The van der Waals surface area contributed by atoms with E-state index < -0.39 is 11.9 Å². The highest BCUT2D eigenvalue weighted by atomic mass is 16.7. The lowest BCUT2D eigenvalue weighted by molar-refractivity contribution is -0.123. The average Bonchev–Trinajstić information content (AvgIpc) is 3.12. The van der Waals surface area contributed by atoms with Gasteiger partial charge in [0.1, 0.15) is 5.75 Å². The van der Waals surface area contributed by atoms with Crippen LogP contribution in [-0.4, -0.2) is 25.3 Å². The number of nitrogens with one attached hydrogen (secondary N) is 3. The van der Waals surface area contributed by atoms with Crippen LogP contribution in [0.15, 0.2) is 36.4 Å². The summed E-state index contributed by atoms with van der Waals surface area (Å²) in [6.45, 7) is 6.01. The normalized spacial score (nSPS) is 11.9. The molecule has 2 aromatic carbocycles. The molecule has 0 atom stereocenters. The van der Waals surface area contributed by atoms with Gasteiger partial charge in [0, 0.05) is 11.8 Å². The molecule has 1 aliphatic heterocycles. The Labute approximate surface area is 163 Å². The highest BCUT2D eigenvalue weighted by molar-refractivity contribution is 5.91. The van der Waals surface area contributed by atoms with Crippen LogP contribution in [0.25, 0.3) is 0 Å². The molecule has 0 aromatic heterocycles. The summed E-state index contributed by atoms with van der Waals surface area (Å²) in [7, 11) is 0. The summed E-state index contributed by atoms with van der Waals surface area (Å²) in [5.74, 6) is 1.62. The zero-order valence-corrected chi connectivity index (χ0v) is 16.0. The highest BCUT2D eigenvalue weighted by Gasteiger charge is 2.15. The van der Waals surface area contributed by atoms with Crippen LogP contribution in [0.1, 0.15) is 30.9 Å². The maximum Gasteiger partial charge on any atom is 0.337 e. The number of benzene rings is 2. The Morgan fingerprint density at radius 3 is 2.64 bits per heavy atom. The highest BCUT2D eigenvalue weighted by Crippen LogP contribution is 2.34. The molecule has 0 radical (unpaired) electrons. The first-order valence-electron chi connectivity index (χ1n) is 8.91. The molecule has 0 bridgehead atoms. The first-order chi connectivity index (χ1) is 13.4. The number of anilines is 1. The van der Waals surface area contributed by atoms with Gasteiger partial charge in [-0.15, -0.1) is 0 Å². The van der Waals surface area contributed by atoms with E-state index in [-0.39, 0.29) is 19.3 Å². The fourth-order valence-electron chi connectivity index (χ4n) is 2.69. The van der Waals surface area contributed by atoms with Crippen molar-refractivity contribution in [2.45, 2.75) is 26.7 Å². The smallest absolute Gasteiger partial charge is 0.337 e. The molecular formula is C20H23N3O5. The number of hydrogen-bond donors (Lipinski definition) is 3. The minimum atomic E-state index is -0.592. The number of hydrogen-bond acceptors (Lipinski definition) is 5. The molecular weight excluding hydrogens is 362 g/mol. The molecule has 3 rings (SSSR count). The lowest BCUT2D eigenvalue weighted by Crippen LogP contribution is -2.45. The van der Waals surface area contributed by atoms with Gasteiger partial charge < -0.3 is 19.5 Å². The lowest BCUT2D eigenvalue weighted by atomic mass is 10.0. The number of urea groups is 1. The first-order valence-corrected chi connectivity index (χ1v) is 8.91. The summed E-state index contributed by atoms with van der Waals surface area (Å²) in [4.78, 5) is 23.9. The van der Waals surface area contributed by atoms with Crippen molar-refractivity contribution >= 4 is 17.6 Å². The summed E-state index contributed by atoms with van der Waals surface area (Å²) >= 11 is 0. The molecule has 8 nitrogen and oxygen atoms in total. The first kappa shape index (κ1) is 19.3. The largest absolute Gasteiger partial charge is 0.483 e. The molecule has 3 N–H and O–H groups in total. The number of amides is 3. The van der Waals surface area contributed by atoms with Crippen LogP contribution >= 0.6 is 0 Å². The fraction of sp³-hybridized carbons (Fsp3) is 0.300. The second kappa shape index (κ2) is 8.51. The van der Waals surface area contributed by atoms with Crippen LogP contribution in [0.5, 0.6) is 17.2 Å². The van der Waals surface area contributed by atoms with Gasteiger partial charge in [-0.25, -0.2) is 10.2 Å². The number of carbonyl (C=O) groups is 2. The fourth-order valence-corrected chi connectivity index (χ4v) is 2.69. The van der Waals surface area contributed by atoms with Crippen LogP contribution in [0.2, 0.25) is 0 Å². The number of carbonyl (C=O) groups excluding carboxylic acids is 2. The molecule has 2 aromatic rings. The standard InChI is InChI=1S/C20H23N3O5/c1-12(2)15-6-4-13(3)8-17(15)26-10-19(24)22-23-20(25)21-14-5-7-16-18(9-14)28-11-27-16/h4-9,12H,10-11H2,1-3H3,(H,22,24)(H2,21,23,25). The Bertz CT molecular complexity index is 882. The van der Waals surface area contributed by atoms with Gasteiger partial charge in [-0.1, -0.05) is 26.0 Å². The molecule has 0 unspecified atom stereocenters. The van der Waals surface area contributed by atoms with Gasteiger partial charge in [0.25, 0.3) is 5.91 Å². The Kier molecular flexibility index (Phi) is 5.88. The van der Waals surface area contributed by atoms with Crippen molar-refractivity contribution < 1.29 is 23.8 Å². The van der Waals surface area contributed by atoms with E-state index in [1.54, 1.807) is 18.2 Å². The monoisotopic (exact) mass is 385 g/mol. The van der Waals surface area contributed by atoms with E-state index in [1.165, 1.54) is 0 Å². The Morgan fingerprint density at radius 1 is 1.07 bits per heavy atom. The molecule has 0 saturated heterocycles. The molecule has 8 heteroatoms. The third-order valence-electron chi connectivity index (χ3n) is 4.10. The molecule has 28 heavy (non-hydrogen) atoms. The van der Waals surface area contributed by atoms with Crippen LogP contribution in [0, 0.1) is 6.92 Å². The molecule has 1 heterocycles. The van der Waals surface area contributed by atoms with Gasteiger partial charge in [0.2, 0.25) is 6.79 Å². The number of hydrazine groups is 1. The van der Waals surface area contributed by atoms with Crippen molar-refractivity contribution in [2.24, 2.45) is 0 Å². The lowest BCUT2D eigenvalue weighted by Gasteiger charge is -2.15.